The van der Waals surface area contributed by atoms with Gasteiger partial charge in [-0.2, -0.15) is 4.39 Å². The minimum absolute atomic E-state index is 0.195. The van der Waals surface area contributed by atoms with Crippen LogP contribution in [0.5, 0.6) is 0 Å². The van der Waals surface area contributed by atoms with Crippen molar-refractivity contribution < 1.29 is 4.39 Å². The van der Waals surface area contributed by atoms with E-state index in [1.807, 2.05) is 0 Å². The minimum atomic E-state index is -0.384. The molecule has 0 fully saturated rings. The molecule has 0 unspecified atom stereocenters. The molecule has 0 saturated carbocycles. The smallest absolute Gasteiger partial charge is 0.207 e. The Bertz CT molecular complexity index is 433. The third-order valence-electron chi connectivity index (χ3n) is 1.82. The second-order valence-corrected chi connectivity index (χ2v) is 2.62. The number of fused-ring (bicyclic) bond motifs is 1. The van der Waals surface area contributed by atoms with Gasteiger partial charge in [0.1, 0.15) is 0 Å². The van der Waals surface area contributed by atoms with Gasteiger partial charge in [0.2, 0.25) is 11.9 Å². The Morgan fingerprint density at radius 1 is 1.50 bits per heavy atom. The highest BCUT2D eigenvalue weighted by Gasteiger charge is 2.06. The molecule has 0 amide bonds. The normalized spacial score (nSPS) is 10.8. The van der Waals surface area contributed by atoms with Crippen LogP contribution in [0.2, 0.25) is 0 Å². The number of halogens is 1. The highest BCUT2D eigenvalue weighted by molar-refractivity contribution is 5.56. The number of nitrogens with zero attached hydrogens (tertiary/aromatic N) is 2. The van der Waals surface area contributed by atoms with Crippen LogP contribution in [0.4, 0.5) is 10.3 Å². The quantitative estimate of drug-likeness (QED) is 0.599. The lowest BCUT2D eigenvalue weighted by atomic mass is 10.3. The fraction of sp³-hybridized carbons (Fsp3) is 0.125. The van der Waals surface area contributed by atoms with Gasteiger partial charge in [0.15, 0.2) is 0 Å². The highest BCUT2D eigenvalue weighted by Crippen LogP contribution is 2.15. The summed E-state index contributed by atoms with van der Waals surface area (Å²) in [6, 6.07) is 4.77. The fourth-order valence-corrected chi connectivity index (χ4v) is 1.28. The van der Waals surface area contributed by atoms with Crippen LogP contribution in [-0.2, 0) is 0 Å². The van der Waals surface area contributed by atoms with Gasteiger partial charge in [-0.25, -0.2) is 4.98 Å². The second kappa shape index (κ2) is 2.20. The molecule has 3 nitrogen and oxygen atoms in total. The number of nitrogen functional groups attached to an aromatic ring is 1. The summed E-state index contributed by atoms with van der Waals surface area (Å²) in [7, 11) is 0. The van der Waals surface area contributed by atoms with Crippen molar-refractivity contribution in [1.29, 1.82) is 0 Å². The van der Waals surface area contributed by atoms with Crippen LogP contribution >= 0.6 is 0 Å². The van der Waals surface area contributed by atoms with E-state index < -0.39 is 0 Å². The molecule has 2 N–H and O–H groups in total. The van der Waals surface area contributed by atoms with Crippen LogP contribution in [-0.4, -0.2) is 9.38 Å². The molecule has 2 heterocycles. The maximum absolute atomic E-state index is 13.1. The summed E-state index contributed by atoms with van der Waals surface area (Å²) < 4.78 is 14.4. The predicted molar refractivity (Wildman–Crippen MR) is 44.3 cm³/mol. The number of pyridine rings is 1. The first kappa shape index (κ1) is 7.09. The number of rotatable bonds is 0. The maximum atomic E-state index is 13.1. The highest BCUT2D eigenvalue weighted by atomic mass is 19.1. The zero-order chi connectivity index (χ0) is 8.72. The summed E-state index contributed by atoms with van der Waals surface area (Å²) in [5, 5.41) is 0. The van der Waals surface area contributed by atoms with Crippen LogP contribution in [0.3, 0.4) is 0 Å². The molecule has 4 heteroatoms. The lowest BCUT2D eigenvalue weighted by Crippen LogP contribution is -1.97. The Kier molecular flexibility index (Phi) is 1.30. The molecule has 2 aromatic rings. The average Bonchev–Trinajstić information content (AvgIpc) is 2.29. The van der Waals surface area contributed by atoms with E-state index in [9.17, 15) is 4.39 Å². The van der Waals surface area contributed by atoms with Gasteiger partial charge in [-0.1, -0.05) is 6.07 Å². The van der Waals surface area contributed by atoms with Gasteiger partial charge < -0.3 is 5.73 Å². The summed E-state index contributed by atoms with van der Waals surface area (Å²) >= 11 is 0. The summed E-state index contributed by atoms with van der Waals surface area (Å²) in [6.45, 7) is 1.80. The van der Waals surface area contributed by atoms with Crippen molar-refractivity contribution >= 4 is 11.5 Å². The van der Waals surface area contributed by atoms with Gasteiger partial charge in [0.25, 0.3) is 0 Å². The lowest BCUT2D eigenvalue weighted by molar-refractivity contribution is 0.570. The SMILES string of the molecule is Cc1nc(N)n2c(F)cccc12. The second-order valence-electron chi connectivity index (χ2n) is 2.62. The largest absolute Gasteiger partial charge is 0.369 e. The van der Waals surface area contributed by atoms with Gasteiger partial charge in [-0.15, -0.1) is 0 Å². The van der Waals surface area contributed by atoms with E-state index in [4.69, 9.17) is 5.73 Å². The van der Waals surface area contributed by atoms with Gasteiger partial charge in [-0.3, -0.25) is 4.40 Å². The molecule has 0 atom stereocenters. The molecule has 0 aliphatic carbocycles. The minimum Gasteiger partial charge on any atom is -0.369 e. The van der Waals surface area contributed by atoms with Crippen LogP contribution in [0.15, 0.2) is 18.2 Å². The molecule has 12 heavy (non-hydrogen) atoms. The number of aromatic nitrogens is 2. The first-order chi connectivity index (χ1) is 5.70. The Balaban J connectivity index is 2.99. The van der Waals surface area contributed by atoms with E-state index in [1.165, 1.54) is 10.5 Å². The van der Waals surface area contributed by atoms with Crippen LogP contribution in [0, 0.1) is 12.9 Å². The zero-order valence-corrected chi connectivity index (χ0v) is 6.58. The topological polar surface area (TPSA) is 43.3 Å². The molecular weight excluding hydrogens is 157 g/mol. The Labute approximate surface area is 68.6 Å². The molecule has 62 valence electrons. The monoisotopic (exact) mass is 165 g/mol. The summed E-state index contributed by atoms with van der Waals surface area (Å²) in [6.07, 6.45) is 0. The molecule has 0 saturated heterocycles. The van der Waals surface area contributed by atoms with E-state index in [-0.39, 0.29) is 11.9 Å². The molecule has 0 aliphatic heterocycles. The van der Waals surface area contributed by atoms with Crippen molar-refractivity contribution in [3.05, 3.63) is 29.8 Å². The van der Waals surface area contributed by atoms with Gasteiger partial charge in [0.05, 0.1) is 11.2 Å². The molecule has 0 aromatic carbocycles. The van der Waals surface area contributed by atoms with E-state index in [1.54, 1.807) is 19.1 Å². The molecule has 0 bridgehead atoms. The molecule has 2 aromatic heterocycles. The lowest BCUT2D eigenvalue weighted by Gasteiger charge is -1.96. The zero-order valence-electron chi connectivity index (χ0n) is 6.58. The van der Waals surface area contributed by atoms with E-state index in [2.05, 4.69) is 4.98 Å². The van der Waals surface area contributed by atoms with Crippen molar-refractivity contribution in [2.75, 3.05) is 5.73 Å². The number of aryl methyl sites for hydroxylation is 1. The first-order valence-corrected chi connectivity index (χ1v) is 3.59. The number of imidazole rings is 1. The van der Waals surface area contributed by atoms with Crippen LogP contribution in [0.1, 0.15) is 5.69 Å². The van der Waals surface area contributed by atoms with Gasteiger partial charge in [0, 0.05) is 0 Å². The number of nitrogens with two attached hydrogens (primary N) is 1. The Morgan fingerprint density at radius 3 is 2.92 bits per heavy atom. The van der Waals surface area contributed by atoms with Crippen molar-refractivity contribution in [2.45, 2.75) is 6.92 Å². The molecule has 0 aliphatic rings. The van der Waals surface area contributed by atoms with Crippen molar-refractivity contribution in [1.82, 2.24) is 9.38 Å². The first-order valence-electron chi connectivity index (χ1n) is 3.59. The fourth-order valence-electron chi connectivity index (χ4n) is 1.28. The average molecular weight is 165 g/mol. The maximum Gasteiger partial charge on any atom is 0.207 e. The number of anilines is 1. The summed E-state index contributed by atoms with van der Waals surface area (Å²) in [4.78, 5) is 3.95. The van der Waals surface area contributed by atoms with Gasteiger partial charge >= 0.3 is 0 Å². The van der Waals surface area contributed by atoms with Crippen molar-refractivity contribution in [2.24, 2.45) is 0 Å². The Hall–Kier alpha value is -1.58. The van der Waals surface area contributed by atoms with Crippen molar-refractivity contribution in [3.63, 3.8) is 0 Å². The standard InChI is InChI=1S/C8H8FN3/c1-5-6-3-2-4-7(9)12(6)8(10)11-5/h2-4H,1H3,(H2,10,11). The Morgan fingerprint density at radius 2 is 2.25 bits per heavy atom. The summed E-state index contributed by atoms with van der Waals surface area (Å²) in [5.41, 5.74) is 6.95. The van der Waals surface area contributed by atoms with Crippen molar-refractivity contribution in [3.8, 4) is 0 Å². The number of hydrogen-bond acceptors (Lipinski definition) is 2. The van der Waals surface area contributed by atoms with E-state index >= 15 is 0 Å². The molecule has 0 spiro atoms. The molecule has 2 rings (SSSR count). The third-order valence-corrected chi connectivity index (χ3v) is 1.82. The summed E-state index contributed by atoms with van der Waals surface area (Å²) in [5.74, 6) is -0.189. The van der Waals surface area contributed by atoms with Crippen LogP contribution < -0.4 is 5.73 Å². The van der Waals surface area contributed by atoms with Gasteiger partial charge in [-0.05, 0) is 19.1 Å². The van der Waals surface area contributed by atoms with E-state index in [0.717, 1.165) is 5.69 Å². The third kappa shape index (κ3) is 0.777. The predicted octanol–water partition coefficient (Wildman–Crippen LogP) is 1.36. The molecule has 0 radical (unpaired) electrons. The van der Waals surface area contributed by atoms with Crippen LogP contribution in [0.25, 0.3) is 5.52 Å². The molecular formula is C8H8FN3. The van der Waals surface area contributed by atoms with E-state index in [0.29, 0.717) is 5.52 Å². The number of hydrogen-bond donors (Lipinski definition) is 1.